The summed E-state index contributed by atoms with van der Waals surface area (Å²) < 4.78 is 31.0. The number of ether oxygens (including phenoxy) is 1. The Kier molecular flexibility index (Phi) is 4.20. The number of hydrogen-bond donors (Lipinski definition) is 1. The van der Waals surface area contributed by atoms with Crippen molar-refractivity contribution in [1.29, 1.82) is 0 Å². The van der Waals surface area contributed by atoms with Crippen molar-refractivity contribution in [3.05, 3.63) is 30.3 Å². The van der Waals surface area contributed by atoms with E-state index < -0.39 is 9.84 Å². The minimum Gasteiger partial charge on any atom is -0.378 e. The van der Waals surface area contributed by atoms with Crippen LogP contribution in [0, 0.1) is 5.92 Å². The molecule has 4 rings (SSSR count). The minimum absolute atomic E-state index is 0.221. The molecule has 2 aliphatic carbocycles. The van der Waals surface area contributed by atoms with Crippen LogP contribution in [0.1, 0.15) is 38.5 Å². The summed E-state index contributed by atoms with van der Waals surface area (Å²) >= 11 is 0. The molecule has 1 aromatic carbocycles. The van der Waals surface area contributed by atoms with E-state index in [9.17, 15) is 8.42 Å². The average Bonchev–Trinajstić information content (AvgIpc) is 3.00. The summed E-state index contributed by atoms with van der Waals surface area (Å²) in [6.07, 6.45) is 6.69. The van der Waals surface area contributed by atoms with Crippen LogP contribution >= 0.6 is 0 Å². The van der Waals surface area contributed by atoms with Crippen LogP contribution in [0.15, 0.2) is 35.2 Å². The fourth-order valence-electron chi connectivity index (χ4n) is 4.44. The Bertz CT molecular complexity index is 639. The molecule has 3 aliphatic rings. The maximum atomic E-state index is 12.6. The summed E-state index contributed by atoms with van der Waals surface area (Å²) in [5, 5.41) is 3.52. The van der Waals surface area contributed by atoms with Gasteiger partial charge in [0.1, 0.15) is 0 Å². The molecule has 126 valence electrons. The van der Waals surface area contributed by atoms with Crippen molar-refractivity contribution in [2.24, 2.45) is 5.92 Å². The molecule has 3 unspecified atom stereocenters. The Hall–Kier alpha value is -0.910. The van der Waals surface area contributed by atoms with Crippen molar-refractivity contribution in [1.82, 2.24) is 5.32 Å². The molecule has 1 heterocycles. The van der Waals surface area contributed by atoms with Gasteiger partial charge >= 0.3 is 0 Å². The summed E-state index contributed by atoms with van der Waals surface area (Å²) in [4.78, 5) is 0.463. The zero-order valence-corrected chi connectivity index (χ0v) is 14.2. The molecule has 2 saturated carbocycles. The predicted molar refractivity (Wildman–Crippen MR) is 89.1 cm³/mol. The molecular weight excluding hydrogens is 310 g/mol. The number of benzene rings is 1. The fraction of sp³-hybridized carbons (Fsp3) is 0.667. The van der Waals surface area contributed by atoms with E-state index in [0.29, 0.717) is 29.0 Å². The number of hydrogen-bond acceptors (Lipinski definition) is 4. The summed E-state index contributed by atoms with van der Waals surface area (Å²) in [7, 11) is -3.16. The van der Waals surface area contributed by atoms with Gasteiger partial charge in [-0.2, -0.15) is 0 Å². The molecule has 0 radical (unpaired) electrons. The molecule has 3 fully saturated rings. The van der Waals surface area contributed by atoms with Crippen molar-refractivity contribution in [3.63, 3.8) is 0 Å². The highest BCUT2D eigenvalue weighted by atomic mass is 32.2. The number of sulfone groups is 1. The van der Waals surface area contributed by atoms with Crippen LogP contribution in [-0.2, 0) is 14.6 Å². The van der Waals surface area contributed by atoms with E-state index in [2.05, 4.69) is 5.32 Å². The van der Waals surface area contributed by atoms with Gasteiger partial charge in [0, 0.05) is 24.6 Å². The maximum absolute atomic E-state index is 12.6. The molecular formula is C18H25NO3S. The van der Waals surface area contributed by atoms with Gasteiger partial charge in [-0.15, -0.1) is 0 Å². The lowest BCUT2D eigenvalue weighted by atomic mass is 9.80. The standard InChI is InChI=1S/C18H25NO3S/c20-23(21,14-5-2-1-3-6-14)15-11-13(12-15)19-17-7-4-8-18-16(17)9-10-22-18/h1-3,5-6,13,15-19H,4,7-12H2. The van der Waals surface area contributed by atoms with E-state index in [0.717, 1.165) is 25.9 Å². The van der Waals surface area contributed by atoms with Gasteiger partial charge in [-0.1, -0.05) is 18.2 Å². The van der Waals surface area contributed by atoms with Crippen molar-refractivity contribution < 1.29 is 13.2 Å². The SMILES string of the molecule is O=S(=O)(c1ccccc1)C1CC(NC2CCCC3OCCC23)C1. The van der Waals surface area contributed by atoms with E-state index in [-0.39, 0.29) is 5.25 Å². The third kappa shape index (κ3) is 2.94. The molecule has 4 nitrogen and oxygen atoms in total. The molecule has 0 amide bonds. The third-order valence-electron chi connectivity index (χ3n) is 5.84. The van der Waals surface area contributed by atoms with Crippen molar-refractivity contribution >= 4 is 9.84 Å². The quantitative estimate of drug-likeness (QED) is 0.919. The molecule has 0 bridgehead atoms. The smallest absolute Gasteiger partial charge is 0.181 e. The first-order valence-electron chi connectivity index (χ1n) is 8.81. The average molecular weight is 335 g/mol. The number of rotatable bonds is 4. The predicted octanol–water partition coefficient (Wildman–Crippen LogP) is 2.54. The van der Waals surface area contributed by atoms with Gasteiger partial charge in [0.05, 0.1) is 16.2 Å². The highest BCUT2D eigenvalue weighted by Crippen LogP contribution is 2.37. The van der Waals surface area contributed by atoms with Crippen molar-refractivity contribution in [2.45, 2.75) is 66.9 Å². The normalized spacial score (nSPS) is 37.1. The molecule has 3 atom stereocenters. The Morgan fingerprint density at radius 2 is 1.83 bits per heavy atom. The zero-order chi connectivity index (χ0) is 15.9. The molecule has 1 aliphatic heterocycles. The second kappa shape index (κ2) is 6.19. The maximum Gasteiger partial charge on any atom is 0.181 e. The van der Waals surface area contributed by atoms with Gasteiger partial charge in [-0.25, -0.2) is 8.42 Å². The Morgan fingerprint density at radius 1 is 1.04 bits per heavy atom. The van der Waals surface area contributed by atoms with Crippen LogP contribution in [0.25, 0.3) is 0 Å². The largest absolute Gasteiger partial charge is 0.378 e. The first-order valence-corrected chi connectivity index (χ1v) is 10.4. The van der Waals surface area contributed by atoms with Crippen LogP contribution in [0.4, 0.5) is 0 Å². The first-order chi connectivity index (χ1) is 11.1. The van der Waals surface area contributed by atoms with Crippen molar-refractivity contribution in [2.75, 3.05) is 6.61 Å². The molecule has 1 saturated heterocycles. The van der Waals surface area contributed by atoms with Gasteiger partial charge in [0.15, 0.2) is 9.84 Å². The first kappa shape index (κ1) is 15.6. The highest BCUT2D eigenvalue weighted by Gasteiger charge is 2.43. The molecule has 23 heavy (non-hydrogen) atoms. The molecule has 5 heteroatoms. The molecule has 0 aromatic heterocycles. The lowest BCUT2D eigenvalue weighted by Crippen LogP contribution is -2.54. The van der Waals surface area contributed by atoms with E-state index >= 15 is 0 Å². The lowest BCUT2D eigenvalue weighted by molar-refractivity contribution is 0.0487. The van der Waals surface area contributed by atoms with Crippen LogP contribution < -0.4 is 5.32 Å². The second-order valence-corrected chi connectivity index (χ2v) is 9.44. The molecule has 1 N–H and O–H groups in total. The highest BCUT2D eigenvalue weighted by molar-refractivity contribution is 7.92. The topological polar surface area (TPSA) is 55.4 Å². The van der Waals surface area contributed by atoms with E-state index in [1.165, 1.54) is 19.3 Å². The van der Waals surface area contributed by atoms with Crippen LogP contribution in [0.5, 0.6) is 0 Å². The van der Waals surface area contributed by atoms with Gasteiger partial charge in [-0.05, 0) is 50.7 Å². The minimum atomic E-state index is -3.16. The number of nitrogens with one attached hydrogen (secondary N) is 1. The van der Waals surface area contributed by atoms with E-state index in [1.807, 2.05) is 6.07 Å². The zero-order valence-electron chi connectivity index (χ0n) is 13.4. The second-order valence-electron chi connectivity index (χ2n) is 7.21. The van der Waals surface area contributed by atoms with Gasteiger partial charge < -0.3 is 10.1 Å². The van der Waals surface area contributed by atoms with Crippen molar-refractivity contribution in [3.8, 4) is 0 Å². The Morgan fingerprint density at radius 3 is 2.61 bits per heavy atom. The monoisotopic (exact) mass is 335 g/mol. The lowest BCUT2D eigenvalue weighted by Gasteiger charge is -2.41. The Balaban J connectivity index is 1.35. The molecule has 0 spiro atoms. The fourth-order valence-corrected chi connectivity index (χ4v) is 6.34. The Labute approximate surface area is 138 Å². The van der Waals surface area contributed by atoms with Gasteiger partial charge in [0.25, 0.3) is 0 Å². The summed E-state index contributed by atoms with van der Waals surface area (Å²) in [5.74, 6) is 0.633. The van der Waals surface area contributed by atoms with E-state index in [1.54, 1.807) is 24.3 Å². The van der Waals surface area contributed by atoms with Gasteiger partial charge in [-0.3, -0.25) is 0 Å². The number of fused-ring (bicyclic) bond motifs is 1. The summed E-state index contributed by atoms with van der Waals surface area (Å²) in [5.41, 5.74) is 0. The summed E-state index contributed by atoms with van der Waals surface area (Å²) in [6, 6.07) is 9.72. The van der Waals surface area contributed by atoms with Gasteiger partial charge in [0.2, 0.25) is 0 Å². The summed E-state index contributed by atoms with van der Waals surface area (Å²) in [6.45, 7) is 0.892. The third-order valence-corrected chi connectivity index (χ3v) is 8.03. The van der Waals surface area contributed by atoms with E-state index in [4.69, 9.17) is 4.74 Å². The van der Waals surface area contributed by atoms with Crippen LogP contribution in [0.3, 0.4) is 0 Å². The van der Waals surface area contributed by atoms with Crippen LogP contribution in [0.2, 0.25) is 0 Å². The van der Waals surface area contributed by atoms with Crippen LogP contribution in [-0.4, -0.2) is 38.5 Å². The molecule has 1 aromatic rings.